The van der Waals surface area contributed by atoms with E-state index in [-0.39, 0.29) is 0 Å². The molecule has 0 saturated carbocycles. The van der Waals surface area contributed by atoms with E-state index in [1.807, 2.05) is 0 Å². The van der Waals surface area contributed by atoms with Gasteiger partial charge in [-0.2, -0.15) is 0 Å². The van der Waals surface area contributed by atoms with Gasteiger partial charge in [0.05, 0.1) is 0 Å². The predicted molar refractivity (Wildman–Crippen MR) is 56.1 cm³/mol. The Morgan fingerprint density at radius 3 is 2.27 bits per heavy atom. The molecule has 0 fully saturated rings. The van der Waals surface area contributed by atoms with Crippen LogP contribution in [0.1, 0.15) is 32.5 Å². The lowest BCUT2D eigenvalue weighted by molar-refractivity contribution is -0.161. The Morgan fingerprint density at radius 2 is 1.80 bits per heavy atom. The van der Waals surface area contributed by atoms with Gasteiger partial charge in [0, 0.05) is 0 Å². The Bertz CT molecular complexity index is 327. The molecular formula is C12H15FO2. The molecule has 0 N–H and O–H groups in total. The van der Waals surface area contributed by atoms with Crippen LogP contribution in [0.15, 0.2) is 30.3 Å². The number of alkyl halides is 1. The fourth-order valence-corrected chi connectivity index (χ4v) is 1.11. The third-order valence-electron chi connectivity index (χ3n) is 1.71. The van der Waals surface area contributed by atoms with Crippen molar-refractivity contribution in [3.63, 3.8) is 0 Å². The molecule has 1 atom stereocenters. The van der Waals surface area contributed by atoms with Crippen molar-refractivity contribution < 1.29 is 13.9 Å². The fraction of sp³-hybridized carbons (Fsp3) is 0.417. The van der Waals surface area contributed by atoms with E-state index in [2.05, 4.69) is 0 Å². The zero-order chi connectivity index (χ0) is 11.5. The highest BCUT2D eigenvalue weighted by atomic mass is 19.1. The van der Waals surface area contributed by atoms with Gasteiger partial charge in [-0.1, -0.05) is 30.3 Å². The highest BCUT2D eigenvalue weighted by Gasteiger charge is 2.25. The first-order valence-electron chi connectivity index (χ1n) is 4.82. The van der Waals surface area contributed by atoms with Crippen LogP contribution < -0.4 is 0 Å². The normalized spacial score (nSPS) is 13.3. The summed E-state index contributed by atoms with van der Waals surface area (Å²) in [5, 5.41) is 0. The smallest absolute Gasteiger partial charge is 0.345 e. The van der Waals surface area contributed by atoms with Crippen LogP contribution in [0.3, 0.4) is 0 Å². The van der Waals surface area contributed by atoms with E-state index >= 15 is 0 Å². The molecule has 1 aromatic rings. The summed E-state index contributed by atoms with van der Waals surface area (Å²) in [5.74, 6) is -0.839. The molecule has 0 heterocycles. The molecular weight excluding hydrogens is 195 g/mol. The van der Waals surface area contributed by atoms with Crippen molar-refractivity contribution in [2.24, 2.45) is 0 Å². The van der Waals surface area contributed by atoms with E-state index in [4.69, 9.17) is 4.74 Å². The van der Waals surface area contributed by atoms with Gasteiger partial charge in [0.15, 0.2) is 0 Å². The van der Waals surface area contributed by atoms with E-state index in [0.717, 1.165) is 0 Å². The van der Waals surface area contributed by atoms with Gasteiger partial charge in [-0.05, 0) is 26.3 Å². The number of esters is 1. The minimum atomic E-state index is -1.70. The molecule has 0 bridgehead atoms. The average Bonchev–Trinajstić information content (AvgIpc) is 2.15. The molecule has 1 rings (SSSR count). The van der Waals surface area contributed by atoms with Crippen LogP contribution >= 0.6 is 0 Å². The van der Waals surface area contributed by atoms with E-state index in [9.17, 15) is 9.18 Å². The summed E-state index contributed by atoms with van der Waals surface area (Å²) in [6.45, 7) is 5.13. The predicted octanol–water partition coefficient (Wildman–Crippen LogP) is 3.04. The molecule has 82 valence electrons. The number of hydrogen-bond donors (Lipinski definition) is 0. The van der Waals surface area contributed by atoms with Gasteiger partial charge in [0.25, 0.3) is 0 Å². The van der Waals surface area contributed by atoms with Crippen LogP contribution in [0.2, 0.25) is 0 Å². The SMILES string of the molecule is CC(C)(C)OC(=O)C(F)c1ccccc1. The maximum atomic E-state index is 13.6. The lowest BCUT2D eigenvalue weighted by Gasteiger charge is -2.20. The first kappa shape index (κ1) is 11.7. The van der Waals surface area contributed by atoms with Gasteiger partial charge < -0.3 is 4.74 Å². The van der Waals surface area contributed by atoms with Crippen LogP contribution in [-0.4, -0.2) is 11.6 Å². The molecule has 1 unspecified atom stereocenters. The van der Waals surface area contributed by atoms with Gasteiger partial charge in [-0.3, -0.25) is 0 Å². The lowest BCUT2D eigenvalue weighted by atomic mass is 10.1. The van der Waals surface area contributed by atoms with Crippen LogP contribution in [0.4, 0.5) is 4.39 Å². The standard InChI is InChI=1S/C12H15FO2/c1-12(2,3)15-11(14)10(13)9-7-5-4-6-8-9/h4-8,10H,1-3H3. The Labute approximate surface area is 89.1 Å². The van der Waals surface area contributed by atoms with Crippen LogP contribution in [-0.2, 0) is 9.53 Å². The summed E-state index contributed by atoms with van der Waals surface area (Å²) in [5.41, 5.74) is -0.331. The third kappa shape index (κ3) is 3.70. The number of rotatable bonds is 2. The molecule has 0 aliphatic carbocycles. The number of hydrogen-bond acceptors (Lipinski definition) is 2. The first-order valence-corrected chi connectivity index (χ1v) is 4.82. The second-order valence-electron chi connectivity index (χ2n) is 4.31. The van der Waals surface area contributed by atoms with Crippen molar-refractivity contribution in [3.8, 4) is 0 Å². The monoisotopic (exact) mass is 210 g/mol. The highest BCUT2D eigenvalue weighted by molar-refractivity contribution is 5.76. The quantitative estimate of drug-likeness (QED) is 0.701. The van der Waals surface area contributed by atoms with Crippen molar-refractivity contribution in [1.82, 2.24) is 0 Å². The van der Waals surface area contributed by atoms with Crippen molar-refractivity contribution in [3.05, 3.63) is 35.9 Å². The van der Waals surface area contributed by atoms with Gasteiger partial charge in [0.2, 0.25) is 6.17 Å². The number of ether oxygens (including phenoxy) is 1. The molecule has 0 aromatic heterocycles. The average molecular weight is 210 g/mol. The summed E-state index contributed by atoms with van der Waals surface area (Å²) in [6.07, 6.45) is -1.70. The van der Waals surface area contributed by atoms with E-state index in [0.29, 0.717) is 5.56 Å². The Balaban J connectivity index is 2.70. The first-order chi connectivity index (χ1) is 6.90. The molecule has 0 aliphatic rings. The second-order valence-corrected chi connectivity index (χ2v) is 4.31. The van der Waals surface area contributed by atoms with Gasteiger partial charge >= 0.3 is 5.97 Å². The Morgan fingerprint density at radius 1 is 1.27 bits per heavy atom. The zero-order valence-electron chi connectivity index (χ0n) is 9.16. The lowest BCUT2D eigenvalue weighted by Crippen LogP contribution is -2.26. The summed E-state index contributed by atoms with van der Waals surface area (Å²) in [7, 11) is 0. The third-order valence-corrected chi connectivity index (χ3v) is 1.71. The fourth-order valence-electron chi connectivity index (χ4n) is 1.11. The molecule has 3 heteroatoms. The molecule has 0 aliphatic heterocycles. The summed E-state index contributed by atoms with van der Waals surface area (Å²) in [6, 6.07) is 8.27. The van der Waals surface area contributed by atoms with Crippen molar-refractivity contribution in [1.29, 1.82) is 0 Å². The van der Waals surface area contributed by atoms with Gasteiger partial charge in [-0.15, -0.1) is 0 Å². The van der Waals surface area contributed by atoms with E-state index < -0.39 is 17.7 Å². The number of carbonyl (C=O) groups is 1. The molecule has 0 amide bonds. The summed E-state index contributed by atoms with van der Waals surface area (Å²) >= 11 is 0. The maximum absolute atomic E-state index is 13.6. The van der Waals surface area contributed by atoms with Crippen molar-refractivity contribution in [2.75, 3.05) is 0 Å². The van der Waals surface area contributed by atoms with Gasteiger partial charge in [-0.25, -0.2) is 9.18 Å². The minimum absolute atomic E-state index is 0.326. The van der Waals surface area contributed by atoms with Gasteiger partial charge in [0.1, 0.15) is 5.60 Å². The number of benzene rings is 1. The van der Waals surface area contributed by atoms with Crippen LogP contribution in [0, 0.1) is 0 Å². The summed E-state index contributed by atoms with van der Waals surface area (Å²) < 4.78 is 18.5. The maximum Gasteiger partial charge on any atom is 0.345 e. The number of halogens is 1. The largest absolute Gasteiger partial charge is 0.458 e. The number of carbonyl (C=O) groups excluding carboxylic acids is 1. The highest BCUT2D eigenvalue weighted by Crippen LogP contribution is 2.21. The molecule has 15 heavy (non-hydrogen) atoms. The topological polar surface area (TPSA) is 26.3 Å². The Kier molecular flexibility index (Phi) is 3.45. The van der Waals surface area contributed by atoms with Crippen LogP contribution in [0.25, 0.3) is 0 Å². The van der Waals surface area contributed by atoms with Crippen LogP contribution in [0.5, 0.6) is 0 Å². The van der Waals surface area contributed by atoms with E-state index in [1.165, 1.54) is 0 Å². The molecule has 1 aromatic carbocycles. The van der Waals surface area contributed by atoms with Crippen molar-refractivity contribution >= 4 is 5.97 Å². The molecule has 0 saturated heterocycles. The molecule has 2 nitrogen and oxygen atoms in total. The summed E-state index contributed by atoms with van der Waals surface area (Å²) in [4.78, 5) is 11.4. The second kappa shape index (κ2) is 4.43. The molecule has 0 radical (unpaired) electrons. The minimum Gasteiger partial charge on any atom is -0.458 e. The zero-order valence-corrected chi connectivity index (χ0v) is 9.16. The Hall–Kier alpha value is -1.38. The van der Waals surface area contributed by atoms with Crippen molar-refractivity contribution in [2.45, 2.75) is 32.5 Å². The molecule has 0 spiro atoms. The van der Waals surface area contributed by atoms with E-state index in [1.54, 1.807) is 51.1 Å².